The molecule has 1 rings (SSSR count). The van der Waals surface area contributed by atoms with Crippen LogP contribution in [-0.4, -0.2) is 27.3 Å². The Morgan fingerprint density at radius 3 is 2.60 bits per heavy atom. The van der Waals surface area contributed by atoms with Crippen molar-refractivity contribution in [2.75, 3.05) is 10.7 Å². The molecule has 0 radical (unpaired) electrons. The van der Waals surface area contributed by atoms with Crippen molar-refractivity contribution in [3.05, 3.63) is 17.5 Å². The van der Waals surface area contributed by atoms with Crippen molar-refractivity contribution in [1.29, 1.82) is 0 Å². The molecular formula is C9H12Br2N2O2. The van der Waals surface area contributed by atoms with Crippen LogP contribution in [0.5, 0.6) is 0 Å². The molecule has 0 aliphatic rings. The molecule has 1 aromatic heterocycles. The zero-order chi connectivity index (χ0) is 11.5. The number of hydrogen-bond acceptors (Lipinski definition) is 3. The molecular weight excluding hydrogens is 328 g/mol. The molecule has 0 aromatic carbocycles. The van der Waals surface area contributed by atoms with Crippen LogP contribution in [0.2, 0.25) is 0 Å². The highest BCUT2D eigenvalue weighted by Crippen LogP contribution is 2.13. The van der Waals surface area contributed by atoms with E-state index in [4.69, 9.17) is 4.52 Å². The number of carbonyl (C=O) groups is 1. The molecule has 1 N–H and O–H groups in total. The maximum atomic E-state index is 11.7. The minimum absolute atomic E-state index is 0.237. The van der Waals surface area contributed by atoms with Gasteiger partial charge >= 0.3 is 0 Å². The molecule has 0 saturated heterocycles. The van der Waals surface area contributed by atoms with Crippen molar-refractivity contribution < 1.29 is 9.32 Å². The lowest BCUT2D eigenvalue weighted by Crippen LogP contribution is -2.48. The normalized spacial score (nSPS) is 11.5. The Balaban J connectivity index is 2.71. The number of hydrogen-bond donors (Lipinski definition) is 1. The van der Waals surface area contributed by atoms with Gasteiger partial charge in [0.15, 0.2) is 0 Å². The van der Waals surface area contributed by atoms with Crippen molar-refractivity contribution >= 4 is 37.8 Å². The first-order valence-corrected chi connectivity index (χ1v) is 6.63. The second-order valence-electron chi connectivity index (χ2n) is 3.61. The topological polar surface area (TPSA) is 55.1 Å². The van der Waals surface area contributed by atoms with E-state index in [-0.39, 0.29) is 17.2 Å². The van der Waals surface area contributed by atoms with Crippen LogP contribution in [0.25, 0.3) is 0 Å². The van der Waals surface area contributed by atoms with Crippen LogP contribution < -0.4 is 5.32 Å². The minimum Gasteiger partial charge on any atom is -0.351 e. The first kappa shape index (κ1) is 12.7. The average Bonchev–Trinajstić information content (AvgIpc) is 2.65. The number of aryl methyl sites for hydroxylation is 1. The summed E-state index contributed by atoms with van der Waals surface area (Å²) in [6.45, 7) is 3.70. The van der Waals surface area contributed by atoms with E-state index < -0.39 is 0 Å². The van der Waals surface area contributed by atoms with Crippen molar-refractivity contribution in [3.8, 4) is 0 Å². The first-order chi connectivity index (χ1) is 7.00. The Morgan fingerprint density at radius 1 is 1.60 bits per heavy atom. The lowest BCUT2D eigenvalue weighted by molar-refractivity contribution is 0.0885. The number of nitrogens with one attached hydrogen (secondary N) is 1. The summed E-state index contributed by atoms with van der Waals surface area (Å²) in [6.07, 6.45) is 0. The van der Waals surface area contributed by atoms with Crippen molar-refractivity contribution in [1.82, 2.24) is 10.5 Å². The molecule has 84 valence electrons. The molecule has 1 amide bonds. The first-order valence-electron chi connectivity index (χ1n) is 4.38. The molecule has 1 aromatic rings. The monoisotopic (exact) mass is 338 g/mol. The number of amides is 1. The van der Waals surface area contributed by atoms with Crippen LogP contribution in [0.1, 0.15) is 23.2 Å². The van der Waals surface area contributed by atoms with Crippen molar-refractivity contribution in [2.45, 2.75) is 19.4 Å². The fourth-order valence-corrected chi connectivity index (χ4v) is 2.12. The Bertz CT molecular complexity index is 348. The third kappa shape index (κ3) is 3.31. The largest absolute Gasteiger partial charge is 0.351 e. The Hall–Kier alpha value is -0.360. The van der Waals surface area contributed by atoms with Gasteiger partial charge in [-0.3, -0.25) is 4.79 Å². The van der Waals surface area contributed by atoms with Gasteiger partial charge in [-0.15, -0.1) is 0 Å². The van der Waals surface area contributed by atoms with E-state index in [0.717, 1.165) is 0 Å². The predicted octanol–water partition coefficient (Wildman–Crippen LogP) is 2.26. The maximum absolute atomic E-state index is 11.7. The molecule has 6 heteroatoms. The molecule has 0 bridgehead atoms. The summed E-state index contributed by atoms with van der Waals surface area (Å²) >= 11 is 6.69. The fraction of sp³-hybridized carbons (Fsp3) is 0.556. The molecule has 0 aliphatic carbocycles. The smallest absolute Gasteiger partial charge is 0.290 e. The van der Waals surface area contributed by atoms with E-state index in [1.165, 1.54) is 0 Å². The quantitative estimate of drug-likeness (QED) is 0.856. The molecule has 0 saturated carbocycles. The number of rotatable bonds is 4. The van der Waals surface area contributed by atoms with Gasteiger partial charge in [0.1, 0.15) is 0 Å². The summed E-state index contributed by atoms with van der Waals surface area (Å²) < 4.78 is 4.87. The average molecular weight is 340 g/mol. The van der Waals surface area contributed by atoms with Crippen LogP contribution >= 0.6 is 31.9 Å². The van der Waals surface area contributed by atoms with E-state index in [1.54, 1.807) is 13.0 Å². The molecule has 0 fully saturated rings. The summed E-state index contributed by atoms with van der Waals surface area (Å²) in [6, 6.07) is 1.61. The fourth-order valence-electron chi connectivity index (χ4n) is 0.909. The molecule has 1 heterocycles. The van der Waals surface area contributed by atoms with E-state index in [1.807, 2.05) is 6.92 Å². The highest BCUT2D eigenvalue weighted by molar-refractivity contribution is 9.09. The lowest BCUT2D eigenvalue weighted by atomic mass is 10.1. The second-order valence-corrected chi connectivity index (χ2v) is 4.74. The van der Waals surface area contributed by atoms with Gasteiger partial charge in [0, 0.05) is 16.7 Å². The van der Waals surface area contributed by atoms with Crippen LogP contribution in [0.4, 0.5) is 0 Å². The Labute approximate surface area is 105 Å². The van der Waals surface area contributed by atoms with Gasteiger partial charge in [0.05, 0.1) is 11.2 Å². The zero-order valence-electron chi connectivity index (χ0n) is 8.51. The standard InChI is InChI=1S/C9H12Br2N2O2/c1-6-3-7(15-13-6)8(14)12-9(2,4-10)5-11/h3H,4-5H2,1-2H3,(H,12,14). The minimum atomic E-state index is -0.336. The summed E-state index contributed by atoms with van der Waals surface area (Å²) in [4.78, 5) is 11.7. The third-order valence-electron chi connectivity index (χ3n) is 1.86. The SMILES string of the molecule is Cc1cc(C(=O)NC(C)(CBr)CBr)on1. The number of carbonyl (C=O) groups excluding carboxylic acids is 1. The van der Waals surface area contributed by atoms with Crippen LogP contribution in [0, 0.1) is 6.92 Å². The highest BCUT2D eigenvalue weighted by Gasteiger charge is 2.25. The van der Waals surface area contributed by atoms with Crippen molar-refractivity contribution in [3.63, 3.8) is 0 Å². The van der Waals surface area contributed by atoms with Gasteiger partial charge in [-0.25, -0.2) is 0 Å². The van der Waals surface area contributed by atoms with Gasteiger partial charge in [0.2, 0.25) is 5.76 Å². The van der Waals surface area contributed by atoms with Crippen LogP contribution in [0.3, 0.4) is 0 Å². The number of halogens is 2. The molecule has 4 nitrogen and oxygen atoms in total. The van der Waals surface area contributed by atoms with Gasteiger partial charge in [-0.2, -0.15) is 0 Å². The third-order valence-corrected chi connectivity index (χ3v) is 4.33. The molecule has 0 atom stereocenters. The molecule has 0 spiro atoms. The summed E-state index contributed by atoms with van der Waals surface area (Å²) in [5.74, 6) is -0.0161. The van der Waals surface area contributed by atoms with E-state index in [9.17, 15) is 4.79 Å². The number of nitrogens with zero attached hydrogens (tertiary/aromatic N) is 1. The Morgan fingerprint density at radius 2 is 2.20 bits per heavy atom. The van der Waals surface area contributed by atoms with Gasteiger partial charge in [-0.05, 0) is 13.8 Å². The molecule has 15 heavy (non-hydrogen) atoms. The van der Waals surface area contributed by atoms with Crippen molar-refractivity contribution in [2.24, 2.45) is 0 Å². The number of aromatic nitrogens is 1. The maximum Gasteiger partial charge on any atom is 0.290 e. The summed E-state index contributed by atoms with van der Waals surface area (Å²) in [5, 5.41) is 7.83. The van der Waals surface area contributed by atoms with E-state index in [2.05, 4.69) is 42.3 Å². The second kappa shape index (κ2) is 5.12. The predicted molar refractivity (Wildman–Crippen MR) is 64.7 cm³/mol. The lowest BCUT2D eigenvalue weighted by Gasteiger charge is -2.25. The van der Waals surface area contributed by atoms with E-state index in [0.29, 0.717) is 16.4 Å². The van der Waals surface area contributed by atoms with Gasteiger partial charge in [-0.1, -0.05) is 37.0 Å². The van der Waals surface area contributed by atoms with Crippen LogP contribution in [0.15, 0.2) is 10.6 Å². The van der Waals surface area contributed by atoms with Crippen LogP contribution in [-0.2, 0) is 0 Å². The van der Waals surface area contributed by atoms with Gasteiger partial charge in [0.25, 0.3) is 5.91 Å². The van der Waals surface area contributed by atoms with Gasteiger partial charge < -0.3 is 9.84 Å². The zero-order valence-corrected chi connectivity index (χ0v) is 11.7. The Kier molecular flexibility index (Phi) is 4.33. The highest BCUT2D eigenvalue weighted by atomic mass is 79.9. The molecule has 0 aliphatic heterocycles. The summed E-state index contributed by atoms with van der Waals surface area (Å²) in [7, 11) is 0. The molecule has 0 unspecified atom stereocenters. The number of alkyl halides is 2. The van der Waals surface area contributed by atoms with E-state index >= 15 is 0 Å². The summed E-state index contributed by atoms with van der Waals surface area (Å²) in [5.41, 5.74) is 0.358.